The van der Waals surface area contributed by atoms with Gasteiger partial charge < -0.3 is 25.2 Å². The first-order valence-corrected chi connectivity index (χ1v) is 12.5. The summed E-state index contributed by atoms with van der Waals surface area (Å²) in [7, 11) is 1.64. The molecule has 1 fully saturated rings. The van der Waals surface area contributed by atoms with Crippen molar-refractivity contribution >= 4 is 11.8 Å². The van der Waals surface area contributed by atoms with E-state index in [9.17, 15) is 14.7 Å². The zero-order valence-corrected chi connectivity index (χ0v) is 20.7. The normalized spacial score (nSPS) is 24.2. The molecule has 3 aliphatic rings. The monoisotopic (exact) mass is 488 g/mol. The molecule has 7 nitrogen and oxygen atoms in total. The van der Waals surface area contributed by atoms with Crippen molar-refractivity contribution in [2.24, 2.45) is 0 Å². The second kappa shape index (κ2) is 10.2. The number of nitrogens with one attached hydrogen (secondary N) is 2. The van der Waals surface area contributed by atoms with Gasteiger partial charge in [-0.3, -0.25) is 4.79 Å². The van der Waals surface area contributed by atoms with Gasteiger partial charge in [-0.25, -0.2) is 4.79 Å². The highest BCUT2D eigenvalue weighted by molar-refractivity contribution is 6.04. The first-order valence-electron chi connectivity index (χ1n) is 12.5. The van der Waals surface area contributed by atoms with E-state index in [0.29, 0.717) is 41.8 Å². The van der Waals surface area contributed by atoms with Crippen LogP contribution >= 0.6 is 0 Å². The number of ether oxygens (including phenoxy) is 2. The highest BCUT2D eigenvalue weighted by atomic mass is 16.5. The molecule has 0 saturated carbocycles. The molecule has 3 atom stereocenters. The molecule has 2 aromatic rings. The first kappa shape index (κ1) is 24.1. The van der Waals surface area contributed by atoms with E-state index in [1.54, 1.807) is 25.3 Å². The van der Waals surface area contributed by atoms with Crippen molar-refractivity contribution in [1.29, 1.82) is 0 Å². The average Bonchev–Trinajstić information content (AvgIpc) is 2.88. The maximum absolute atomic E-state index is 13.8. The molecule has 0 amide bonds. The van der Waals surface area contributed by atoms with Crippen LogP contribution in [0.4, 0.5) is 0 Å². The fraction of sp³-hybridized carbons (Fsp3) is 0.379. The molecular weight excluding hydrogens is 456 g/mol. The number of methoxy groups -OCH3 is 1. The maximum atomic E-state index is 13.8. The number of para-hydroxylation sites is 1. The predicted octanol–water partition coefficient (Wildman–Crippen LogP) is 4.06. The number of phenolic OH excluding ortho intramolecular Hbond substituents is 1. The zero-order valence-electron chi connectivity index (χ0n) is 20.7. The van der Waals surface area contributed by atoms with E-state index in [1.165, 1.54) is 0 Å². The fourth-order valence-electron chi connectivity index (χ4n) is 5.71. The Labute approximate surface area is 211 Å². The number of hydrogen-bond acceptors (Lipinski definition) is 7. The van der Waals surface area contributed by atoms with Crippen LogP contribution in [0.15, 0.2) is 71.1 Å². The Bertz CT molecular complexity index is 1240. The standard InChI is InChI=1S/C29H32N2O5/c1-17-26(29(34)36-21-9-6-12-30-16-21)27(18-7-5-8-20(32)13-18)28-23(31-17)14-19(15-24(28)33)22-10-3-4-11-25(22)35-2/h3-5,7-8,10-11,13,19,21,27,30-32H,6,9,12,14-16H2,1-2H3/t19-,21-,27-/m1/s1. The van der Waals surface area contributed by atoms with Crippen LogP contribution in [0.2, 0.25) is 0 Å². The summed E-state index contributed by atoms with van der Waals surface area (Å²) in [4.78, 5) is 27.3. The van der Waals surface area contributed by atoms with Gasteiger partial charge in [-0.15, -0.1) is 0 Å². The number of phenols is 1. The van der Waals surface area contributed by atoms with Crippen molar-refractivity contribution in [2.75, 3.05) is 20.2 Å². The summed E-state index contributed by atoms with van der Waals surface area (Å²) in [6, 6.07) is 14.6. The van der Waals surface area contributed by atoms with Crippen molar-refractivity contribution in [1.82, 2.24) is 10.6 Å². The van der Waals surface area contributed by atoms with Gasteiger partial charge in [0.2, 0.25) is 0 Å². The number of piperidine rings is 1. The maximum Gasteiger partial charge on any atom is 0.337 e. The van der Waals surface area contributed by atoms with Gasteiger partial charge in [-0.1, -0.05) is 30.3 Å². The third-order valence-electron chi connectivity index (χ3n) is 7.36. The van der Waals surface area contributed by atoms with Crippen molar-refractivity contribution in [3.8, 4) is 11.5 Å². The number of carbonyl (C=O) groups is 2. The molecule has 0 bridgehead atoms. The molecular formula is C29H32N2O5. The number of benzene rings is 2. The van der Waals surface area contributed by atoms with Crippen molar-refractivity contribution in [3.63, 3.8) is 0 Å². The molecule has 2 aliphatic heterocycles. The van der Waals surface area contributed by atoms with E-state index in [4.69, 9.17) is 9.47 Å². The highest BCUT2D eigenvalue weighted by Gasteiger charge is 2.42. The lowest BCUT2D eigenvalue weighted by Crippen LogP contribution is -2.40. The SMILES string of the molecule is COc1ccccc1[C@H]1CC(=O)C2=C(C1)NC(C)=C(C(=O)O[C@@H]1CCCNC1)[C@H]2c1cccc(O)c1. The largest absolute Gasteiger partial charge is 0.508 e. The van der Waals surface area contributed by atoms with E-state index in [0.717, 1.165) is 36.4 Å². The summed E-state index contributed by atoms with van der Waals surface area (Å²) in [6.45, 7) is 3.39. The number of dihydropyridines is 1. The second-order valence-corrected chi connectivity index (χ2v) is 9.73. The summed E-state index contributed by atoms with van der Waals surface area (Å²) in [5, 5.41) is 16.9. The van der Waals surface area contributed by atoms with Crippen LogP contribution in [0.3, 0.4) is 0 Å². The minimum absolute atomic E-state index is 0.0230. The average molecular weight is 489 g/mol. The number of aromatic hydroxyl groups is 1. The van der Waals surface area contributed by atoms with Crippen molar-refractivity contribution in [3.05, 3.63) is 82.2 Å². The lowest BCUT2D eigenvalue weighted by atomic mass is 9.71. The van der Waals surface area contributed by atoms with Gasteiger partial charge >= 0.3 is 5.97 Å². The number of esters is 1. The number of allylic oxidation sites excluding steroid dienone is 3. The van der Waals surface area contributed by atoms with E-state index in [1.807, 2.05) is 37.3 Å². The first-order chi connectivity index (χ1) is 17.5. The van der Waals surface area contributed by atoms with Crippen LogP contribution in [0.5, 0.6) is 11.5 Å². The van der Waals surface area contributed by atoms with Crippen LogP contribution < -0.4 is 15.4 Å². The third kappa shape index (κ3) is 4.63. The summed E-state index contributed by atoms with van der Waals surface area (Å²) >= 11 is 0. The molecule has 1 aliphatic carbocycles. The van der Waals surface area contributed by atoms with Gasteiger partial charge in [-0.2, -0.15) is 0 Å². The molecule has 7 heteroatoms. The quantitative estimate of drug-likeness (QED) is 0.546. The molecule has 0 spiro atoms. The Kier molecular flexibility index (Phi) is 6.83. The molecule has 0 aromatic heterocycles. The predicted molar refractivity (Wildman–Crippen MR) is 136 cm³/mol. The third-order valence-corrected chi connectivity index (χ3v) is 7.36. The molecule has 2 heterocycles. The van der Waals surface area contributed by atoms with Crippen molar-refractivity contribution in [2.45, 2.75) is 50.5 Å². The van der Waals surface area contributed by atoms with Gasteiger partial charge in [0.05, 0.1) is 12.7 Å². The Morgan fingerprint density at radius 2 is 1.94 bits per heavy atom. The summed E-state index contributed by atoms with van der Waals surface area (Å²) in [6.07, 6.45) is 2.47. The van der Waals surface area contributed by atoms with E-state index >= 15 is 0 Å². The Morgan fingerprint density at radius 1 is 1.11 bits per heavy atom. The molecule has 3 N–H and O–H groups in total. The molecule has 36 heavy (non-hydrogen) atoms. The van der Waals surface area contributed by atoms with Crippen LogP contribution in [-0.4, -0.2) is 43.2 Å². The van der Waals surface area contributed by atoms with Gasteiger partial charge in [0.25, 0.3) is 0 Å². The minimum Gasteiger partial charge on any atom is -0.508 e. The number of carbonyl (C=O) groups excluding carboxylic acids is 2. The molecule has 1 saturated heterocycles. The number of hydrogen-bond donors (Lipinski definition) is 3. The van der Waals surface area contributed by atoms with Crippen molar-refractivity contribution < 1.29 is 24.2 Å². The van der Waals surface area contributed by atoms with Crippen LogP contribution in [0.1, 0.15) is 55.6 Å². The topological polar surface area (TPSA) is 96.9 Å². The Hall–Kier alpha value is -3.58. The molecule has 0 radical (unpaired) electrons. The second-order valence-electron chi connectivity index (χ2n) is 9.73. The smallest absolute Gasteiger partial charge is 0.337 e. The summed E-state index contributed by atoms with van der Waals surface area (Å²) < 4.78 is 11.5. The van der Waals surface area contributed by atoms with E-state index < -0.39 is 11.9 Å². The molecule has 2 aromatic carbocycles. The Morgan fingerprint density at radius 3 is 2.69 bits per heavy atom. The highest BCUT2D eigenvalue weighted by Crippen LogP contribution is 2.47. The van der Waals surface area contributed by atoms with E-state index in [-0.39, 0.29) is 23.6 Å². The van der Waals surface area contributed by atoms with Crippen LogP contribution in [0.25, 0.3) is 0 Å². The minimum atomic E-state index is -0.608. The number of Topliss-reactive ketones (excluding diaryl/α,β-unsaturated/α-hetero) is 1. The van der Waals surface area contributed by atoms with Gasteiger partial charge in [-0.05, 0) is 62.1 Å². The molecule has 5 rings (SSSR count). The summed E-state index contributed by atoms with van der Waals surface area (Å²) in [5.74, 6) is -0.247. The molecule has 188 valence electrons. The summed E-state index contributed by atoms with van der Waals surface area (Å²) in [5.41, 5.74) is 4.17. The zero-order chi connectivity index (χ0) is 25.2. The van der Waals surface area contributed by atoms with Crippen LogP contribution in [-0.2, 0) is 14.3 Å². The molecule has 0 unspecified atom stereocenters. The lowest BCUT2D eigenvalue weighted by molar-refractivity contribution is -0.145. The van der Waals surface area contributed by atoms with Gasteiger partial charge in [0.1, 0.15) is 17.6 Å². The van der Waals surface area contributed by atoms with Gasteiger partial charge in [0.15, 0.2) is 5.78 Å². The van der Waals surface area contributed by atoms with Crippen LogP contribution in [0, 0.1) is 0 Å². The van der Waals surface area contributed by atoms with Gasteiger partial charge in [0, 0.05) is 41.8 Å². The number of ketones is 1. The number of rotatable bonds is 5. The lowest BCUT2D eigenvalue weighted by Gasteiger charge is -2.37. The Balaban J connectivity index is 1.54. The van der Waals surface area contributed by atoms with E-state index in [2.05, 4.69) is 10.6 Å². The fourth-order valence-corrected chi connectivity index (χ4v) is 5.71.